The van der Waals surface area contributed by atoms with Gasteiger partial charge < -0.3 is 4.90 Å². The highest BCUT2D eigenvalue weighted by Gasteiger charge is 2.21. The van der Waals surface area contributed by atoms with Gasteiger partial charge in [-0.3, -0.25) is 4.79 Å². The smallest absolute Gasteiger partial charge is 0.280 e. The summed E-state index contributed by atoms with van der Waals surface area (Å²) in [6, 6.07) is 7.69. The molecule has 6 heteroatoms. The van der Waals surface area contributed by atoms with Crippen molar-refractivity contribution in [1.29, 1.82) is 0 Å². The Morgan fingerprint density at radius 1 is 1.29 bits per heavy atom. The second-order valence-corrected chi connectivity index (χ2v) is 5.63. The molecule has 106 valence electrons. The van der Waals surface area contributed by atoms with Crippen molar-refractivity contribution < 1.29 is 4.79 Å². The van der Waals surface area contributed by atoms with E-state index in [4.69, 9.17) is 23.2 Å². The third-order valence-corrected chi connectivity index (χ3v) is 3.51. The van der Waals surface area contributed by atoms with Crippen molar-refractivity contribution in [2.45, 2.75) is 11.4 Å². The van der Waals surface area contributed by atoms with Crippen molar-refractivity contribution in [3.8, 4) is 0 Å². The molecule has 0 radical (unpaired) electrons. The van der Waals surface area contributed by atoms with E-state index in [1.54, 1.807) is 0 Å². The third-order valence-electron chi connectivity index (χ3n) is 3.14. The van der Waals surface area contributed by atoms with Gasteiger partial charge in [-0.05, 0) is 17.7 Å². The first-order valence-electron chi connectivity index (χ1n) is 6.34. The molecule has 0 fully saturated rings. The van der Waals surface area contributed by atoms with Gasteiger partial charge in [-0.25, -0.2) is 4.99 Å². The molecule has 0 bridgehead atoms. The molecule has 0 unspecified atom stereocenters. The standard InChI is InChI=1S/C15H11Cl2N3O/c16-13(17)15(21)19-14-11-6-2-1-5-10(11)9-20-8-4-3-7-12(20)18-14/h1-8,13H,9H2. The number of amidine groups is 2. The second-order valence-electron chi connectivity index (χ2n) is 4.53. The molecule has 1 amide bonds. The van der Waals surface area contributed by atoms with Crippen molar-refractivity contribution in [3.05, 3.63) is 59.8 Å². The van der Waals surface area contributed by atoms with E-state index in [1.807, 2.05) is 53.6 Å². The monoisotopic (exact) mass is 319 g/mol. The molecule has 4 nitrogen and oxygen atoms in total. The van der Waals surface area contributed by atoms with E-state index in [9.17, 15) is 4.79 Å². The number of rotatable bonds is 1. The van der Waals surface area contributed by atoms with Crippen LogP contribution in [0.5, 0.6) is 0 Å². The number of alkyl halides is 2. The van der Waals surface area contributed by atoms with Crippen LogP contribution < -0.4 is 0 Å². The number of halogens is 2. The molecule has 0 N–H and O–H groups in total. The Morgan fingerprint density at radius 2 is 2.10 bits per heavy atom. The van der Waals surface area contributed by atoms with Crippen molar-refractivity contribution in [1.82, 2.24) is 4.90 Å². The summed E-state index contributed by atoms with van der Waals surface area (Å²) in [5.41, 5.74) is 1.84. The van der Waals surface area contributed by atoms with Gasteiger partial charge in [0.2, 0.25) is 0 Å². The number of benzene rings is 1. The molecule has 1 aromatic carbocycles. The fourth-order valence-corrected chi connectivity index (χ4v) is 2.27. The molecular weight excluding hydrogens is 309 g/mol. The van der Waals surface area contributed by atoms with Crippen molar-refractivity contribution in [3.63, 3.8) is 0 Å². The first-order valence-corrected chi connectivity index (χ1v) is 7.21. The molecule has 2 aliphatic rings. The number of fused-ring (bicyclic) bond motifs is 2. The quantitative estimate of drug-likeness (QED) is 0.747. The van der Waals surface area contributed by atoms with Crippen LogP contribution in [0.4, 0.5) is 0 Å². The highest BCUT2D eigenvalue weighted by molar-refractivity contribution is 6.54. The topological polar surface area (TPSA) is 45.0 Å². The molecule has 3 rings (SSSR count). The van der Waals surface area contributed by atoms with E-state index >= 15 is 0 Å². The molecule has 0 aromatic heterocycles. The average Bonchev–Trinajstić information content (AvgIpc) is 2.63. The predicted octanol–water partition coefficient (Wildman–Crippen LogP) is 3.06. The largest absolute Gasteiger partial charge is 0.329 e. The zero-order valence-corrected chi connectivity index (χ0v) is 12.4. The maximum Gasteiger partial charge on any atom is 0.280 e. The van der Waals surface area contributed by atoms with Crippen LogP contribution in [-0.4, -0.2) is 27.3 Å². The Morgan fingerprint density at radius 3 is 2.90 bits per heavy atom. The molecule has 1 aromatic rings. The summed E-state index contributed by atoms with van der Waals surface area (Å²) in [6.07, 6.45) is 7.62. The number of carbonyl (C=O) groups excluding carboxylic acids is 1. The van der Waals surface area contributed by atoms with E-state index < -0.39 is 10.7 Å². The lowest BCUT2D eigenvalue weighted by Crippen LogP contribution is -2.24. The van der Waals surface area contributed by atoms with Gasteiger partial charge in [-0.15, -0.1) is 0 Å². The van der Waals surface area contributed by atoms with Crippen LogP contribution in [0.3, 0.4) is 0 Å². The van der Waals surface area contributed by atoms with Gasteiger partial charge in [0.25, 0.3) is 5.91 Å². The summed E-state index contributed by atoms with van der Waals surface area (Å²) < 4.78 is 0. The van der Waals surface area contributed by atoms with Gasteiger partial charge in [-0.1, -0.05) is 53.5 Å². The van der Waals surface area contributed by atoms with E-state index in [0.29, 0.717) is 12.4 Å². The highest BCUT2D eigenvalue weighted by Crippen LogP contribution is 2.21. The lowest BCUT2D eigenvalue weighted by atomic mass is 10.1. The minimum Gasteiger partial charge on any atom is -0.329 e. The van der Waals surface area contributed by atoms with Crippen LogP contribution in [0, 0.1) is 0 Å². The third kappa shape index (κ3) is 2.91. The van der Waals surface area contributed by atoms with Gasteiger partial charge in [0.05, 0.1) is 0 Å². The minimum atomic E-state index is -1.19. The zero-order valence-electron chi connectivity index (χ0n) is 10.9. The van der Waals surface area contributed by atoms with Crippen molar-refractivity contribution in [2.24, 2.45) is 9.98 Å². The molecule has 2 heterocycles. The Hall–Kier alpha value is -1.91. The number of amides is 1. The van der Waals surface area contributed by atoms with E-state index in [-0.39, 0.29) is 0 Å². The fourth-order valence-electron chi connectivity index (χ4n) is 2.17. The first kappa shape index (κ1) is 14.0. The van der Waals surface area contributed by atoms with E-state index in [0.717, 1.165) is 17.0 Å². The molecule has 0 spiro atoms. The van der Waals surface area contributed by atoms with Crippen LogP contribution in [0.25, 0.3) is 0 Å². The summed E-state index contributed by atoms with van der Waals surface area (Å²) in [5, 5.41) is 0. The number of hydrogen-bond donors (Lipinski definition) is 0. The number of aliphatic imine (C=N–C) groups is 2. The van der Waals surface area contributed by atoms with Crippen LogP contribution in [0.15, 0.2) is 58.7 Å². The summed E-state index contributed by atoms with van der Waals surface area (Å²) >= 11 is 11.2. The highest BCUT2D eigenvalue weighted by atomic mass is 35.5. The number of nitrogens with zero attached hydrogens (tertiary/aromatic N) is 3. The molecule has 0 atom stereocenters. The maximum atomic E-state index is 11.7. The normalized spacial score (nSPS) is 18.3. The number of hydrogen-bond acceptors (Lipinski definition) is 2. The van der Waals surface area contributed by atoms with Gasteiger partial charge in [0, 0.05) is 18.3 Å². The van der Waals surface area contributed by atoms with Gasteiger partial charge >= 0.3 is 0 Å². The molecule has 0 aliphatic carbocycles. The first-order chi connectivity index (χ1) is 10.1. The lowest BCUT2D eigenvalue weighted by molar-refractivity contribution is -0.116. The molecule has 2 aliphatic heterocycles. The molecule has 0 saturated carbocycles. The molecule has 21 heavy (non-hydrogen) atoms. The van der Waals surface area contributed by atoms with Crippen LogP contribution in [-0.2, 0) is 11.3 Å². The predicted molar refractivity (Wildman–Crippen MR) is 84.7 cm³/mol. The molecular formula is C15H11Cl2N3O. The van der Waals surface area contributed by atoms with Crippen LogP contribution in [0.1, 0.15) is 11.1 Å². The second kappa shape index (κ2) is 5.84. The number of allylic oxidation sites excluding steroid dienone is 2. The van der Waals surface area contributed by atoms with E-state index in [2.05, 4.69) is 9.98 Å². The Kier molecular flexibility index (Phi) is 3.90. The van der Waals surface area contributed by atoms with Gasteiger partial charge in [0.1, 0.15) is 5.84 Å². The number of carbonyl (C=O) groups is 1. The van der Waals surface area contributed by atoms with Crippen molar-refractivity contribution in [2.75, 3.05) is 0 Å². The summed E-state index contributed by atoms with van der Waals surface area (Å²) in [6.45, 7) is 0.661. The summed E-state index contributed by atoms with van der Waals surface area (Å²) in [7, 11) is 0. The molecule has 0 saturated heterocycles. The van der Waals surface area contributed by atoms with Crippen LogP contribution >= 0.6 is 23.2 Å². The summed E-state index contributed by atoms with van der Waals surface area (Å²) in [4.78, 5) is 21.0. The zero-order chi connectivity index (χ0) is 14.8. The minimum absolute atomic E-state index is 0.333. The fraction of sp³-hybridized carbons (Fsp3) is 0.133. The Balaban J connectivity index is 2.13. The maximum absolute atomic E-state index is 11.7. The average molecular weight is 320 g/mol. The Bertz CT molecular complexity index is 705. The van der Waals surface area contributed by atoms with E-state index in [1.165, 1.54) is 0 Å². The SMILES string of the molecule is O=C(N=C1N=C2C=CC=CN2Cc2ccccc21)C(Cl)Cl. The van der Waals surface area contributed by atoms with Gasteiger partial charge in [-0.2, -0.15) is 4.99 Å². The summed E-state index contributed by atoms with van der Waals surface area (Å²) in [5.74, 6) is 0.441. The lowest BCUT2D eigenvalue weighted by Gasteiger charge is -2.20. The van der Waals surface area contributed by atoms with Gasteiger partial charge in [0.15, 0.2) is 10.7 Å². The van der Waals surface area contributed by atoms with Crippen molar-refractivity contribution >= 4 is 40.8 Å². The van der Waals surface area contributed by atoms with Crippen LogP contribution in [0.2, 0.25) is 0 Å². The Labute approximate surface area is 132 Å².